The van der Waals surface area contributed by atoms with Crippen LogP contribution in [0.4, 0.5) is 4.79 Å². The number of nitrogens with zero attached hydrogens (tertiary/aromatic N) is 2. The van der Waals surface area contributed by atoms with Gasteiger partial charge in [-0.2, -0.15) is 0 Å². The Balaban J connectivity index is 1.61. The number of piperidine rings is 1. The van der Waals surface area contributed by atoms with E-state index in [1.807, 2.05) is 18.2 Å². The van der Waals surface area contributed by atoms with Crippen LogP contribution in [-0.4, -0.2) is 60.4 Å². The van der Waals surface area contributed by atoms with Crippen molar-refractivity contribution >= 4 is 17.8 Å². The van der Waals surface area contributed by atoms with Gasteiger partial charge in [0.15, 0.2) is 0 Å². The lowest BCUT2D eigenvalue weighted by Gasteiger charge is -2.35. The van der Waals surface area contributed by atoms with E-state index in [4.69, 9.17) is 0 Å². The molecule has 0 saturated carbocycles. The van der Waals surface area contributed by atoms with Crippen molar-refractivity contribution in [3.63, 3.8) is 0 Å². The van der Waals surface area contributed by atoms with Crippen LogP contribution in [0.2, 0.25) is 0 Å². The van der Waals surface area contributed by atoms with Gasteiger partial charge in [-0.25, -0.2) is 4.79 Å². The number of benzene rings is 1. The van der Waals surface area contributed by atoms with Crippen LogP contribution < -0.4 is 10.6 Å². The van der Waals surface area contributed by atoms with Crippen molar-refractivity contribution in [2.24, 2.45) is 0 Å². The van der Waals surface area contributed by atoms with E-state index in [-0.39, 0.29) is 30.9 Å². The zero-order valence-electron chi connectivity index (χ0n) is 14.2. The minimum Gasteiger partial charge on any atom is -0.353 e. The zero-order valence-corrected chi connectivity index (χ0v) is 14.2. The molecule has 2 fully saturated rings. The predicted octanol–water partition coefficient (Wildman–Crippen LogP) is 0.882. The van der Waals surface area contributed by atoms with E-state index in [9.17, 15) is 14.4 Å². The summed E-state index contributed by atoms with van der Waals surface area (Å²) in [6, 6.07) is 9.73. The predicted molar refractivity (Wildman–Crippen MR) is 92.7 cm³/mol. The van der Waals surface area contributed by atoms with Crippen molar-refractivity contribution in [3.05, 3.63) is 35.9 Å². The van der Waals surface area contributed by atoms with Crippen LogP contribution in [0.15, 0.2) is 30.3 Å². The highest BCUT2D eigenvalue weighted by Gasteiger charge is 2.30. The van der Waals surface area contributed by atoms with Crippen LogP contribution >= 0.6 is 0 Å². The molecule has 2 heterocycles. The monoisotopic (exact) mass is 344 g/mol. The van der Waals surface area contributed by atoms with Crippen molar-refractivity contribution in [3.8, 4) is 0 Å². The summed E-state index contributed by atoms with van der Waals surface area (Å²) >= 11 is 0. The van der Waals surface area contributed by atoms with Gasteiger partial charge < -0.3 is 10.6 Å². The molecule has 1 aromatic carbocycles. The molecule has 134 valence electrons. The number of rotatable bonds is 6. The van der Waals surface area contributed by atoms with Gasteiger partial charge in [0.2, 0.25) is 5.91 Å². The molecule has 2 aliphatic heterocycles. The van der Waals surface area contributed by atoms with Crippen LogP contribution in [0.3, 0.4) is 0 Å². The zero-order chi connectivity index (χ0) is 17.6. The van der Waals surface area contributed by atoms with Crippen LogP contribution in [0.25, 0.3) is 0 Å². The maximum Gasteiger partial charge on any atom is 0.325 e. The highest BCUT2D eigenvalue weighted by molar-refractivity contribution is 6.04. The Morgan fingerprint density at radius 1 is 1.12 bits per heavy atom. The van der Waals surface area contributed by atoms with Crippen LogP contribution in [0.5, 0.6) is 0 Å². The van der Waals surface area contributed by atoms with E-state index < -0.39 is 6.03 Å². The van der Waals surface area contributed by atoms with Crippen molar-refractivity contribution in [1.82, 2.24) is 20.4 Å². The van der Waals surface area contributed by atoms with E-state index in [1.54, 1.807) is 0 Å². The Kier molecular flexibility index (Phi) is 5.65. The molecule has 2 saturated heterocycles. The van der Waals surface area contributed by atoms with Gasteiger partial charge in [-0.05, 0) is 31.5 Å². The van der Waals surface area contributed by atoms with Crippen LogP contribution in [0, 0.1) is 0 Å². The molecule has 3 rings (SSSR count). The van der Waals surface area contributed by atoms with Gasteiger partial charge in [-0.3, -0.25) is 19.4 Å². The summed E-state index contributed by atoms with van der Waals surface area (Å²) in [5.41, 5.74) is 1.17. The lowest BCUT2D eigenvalue weighted by molar-refractivity contribution is -0.130. The van der Waals surface area contributed by atoms with E-state index in [0.717, 1.165) is 18.0 Å². The summed E-state index contributed by atoms with van der Waals surface area (Å²) < 4.78 is 0. The Labute approximate surface area is 147 Å². The van der Waals surface area contributed by atoms with E-state index >= 15 is 0 Å². The van der Waals surface area contributed by atoms with Gasteiger partial charge >= 0.3 is 6.03 Å². The number of hydrogen-bond donors (Lipinski definition) is 2. The molecule has 2 N–H and O–H groups in total. The number of hydrogen-bond acceptors (Lipinski definition) is 4. The number of carbonyl (C=O) groups excluding carboxylic acids is 3. The Morgan fingerprint density at radius 2 is 1.84 bits per heavy atom. The first-order chi connectivity index (χ1) is 12.1. The maximum absolute atomic E-state index is 12.2. The fourth-order valence-corrected chi connectivity index (χ4v) is 3.39. The summed E-state index contributed by atoms with van der Waals surface area (Å²) in [4.78, 5) is 38.7. The number of nitrogens with one attached hydrogen (secondary N) is 2. The lowest BCUT2D eigenvalue weighted by Crippen LogP contribution is -2.45. The molecule has 7 heteroatoms. The Hall–Kier alpha value is -2.41. The third-order valence-corrected chi connectivity index (χ3v) is 4.75. The van der Waals surface area contributed by atoms with Gasteiger partial charge in [0.25, 0.3) is 5.91 Å². The lowest BCUT2D eigenvalue weighted by atomic mass is 10.0. The van der Waals surface area contributed by atoms with Crippen LogP contribution in [0.1, 0.15) is 30.9 Å². The minimum absolute atomic E-state index is 0.0352. The molecule has 0 bridgehead atoms. The molecule has 7 nitrogen and oxygen atoms in total. The highest BCUT2D eigenvalue weighted by atomic mass is 16.2. The van der Waals surface area contributed by atoms with Gasteiger partial charge in [0.1, 0.15) is 6.54 Å². The summed E-state index contributed by atoms with van der Waals surface area (Å²) in [6.45, 7) is 2.23. The molecule has 1 aromatic rings. The highest BCUT2D eigenvalue weighted by Crippen LogP contribution is 2.23. The first-order valence-electron chi connectivity index (χ1n) is 8.79. The quantitative estimate of drug-likeness (QED) is 0.751. The molecule has 0 spiro atoms. The number of imide groups is 1. The summed E-state index contributed by atoms with van der Waals surface area (Å²) in [5, 5.41) is 5.31. The first kappa shape index (κ1) is 17.4. The van der Waals surface area contributed by atoms with Crippen LogP contribution in [-0.2, 0) is 9.59 Å². The average molecular weight is 344 g/mol. The molecule has 1 atom stereocenters. The molecule has 0 aliphatic carbocycles. The summed E-state index contributed by atoms with van der Waals surface area (Å²) in [5.74, 6) is -0.681. The molecule has 2 aliphatic rings. The van der Waals surface area contributed by atoms with E-state index in [2.05, 4.69) is 27.7 Å². The smallest absolute Gasteiger partial charge is 0.325 e. The molecule has 0 unspecified atom stereocenters. The third-order valence-electron chi connectivity index (χ3n) is 4.75. The normalized spacial score (nSPS) is 19.6. The second kappa shape index (κ2) is 8.11. The fourth-order valence-electron chi connectivity index (χ4n) is 3.39. The van der Waals surface area contributed by atoms with Crippen molar-refractivity contribution in [2.45, 2.75) is 25.3 Å². The number of carbonyl (C=O) groups is 3. The second-order valence-electron chi connectivity index (χ2n) is 6.47. The number of likely N-dealkylation sites (tertiary alicyclic amines) is 1. The number of amides is 4. The topological polar surface area (TPSA) is 81.8 Å². The molecule has 25 heavy (non-hydrogen) atoms. The van der Waals surface area contributed by atoms with Crippen molar-refractivity contribution in [1.29, 1.82) is 0 Å². The number of urea groups is 1. The summed E-state index contributed by atoms with van der Waals surface area (Å²) in [7, 11) is 0. The molecular weight excluding hydrogens is 320 g/mol. The van der Waals surface area contributed by atoms with Crippen molar-refractivity contribution < 1.29 is 14.4 Å². The average Bonchev–Trinajstić information content (AvgIpc) is 2.96. The maximum atomic E-state index is 12.2. The first-order valence-corrected chi connectivity index (χ1v) is 8.79. The van der Waals surface area contributed by atoms with E-state index in [0.29, 0.717) is 6.54 Å². The minimum atomic E-state index is -0.504. The molecule has 0 aromatic heterocycles. The van der Waals surface area contributed by atoms with Gasteiger partial charge in [0.05, 0.1) is 12.6 Å². The SMILES string of the molecule is O=C(CN1C(=O)CNC1=O)NC[C@@H](c1ccccc1)N1CCCCC1. The van der Waals surface area contributed by atoms with Crippen molar-refractivity contribution in [2.75, 3.05) is 32.7 Å². The van der Waals surface area contributed by atoms with Gasteiger partial charge in [-0.15, -0.1) is 0 Å². The molecule has 4 amide bonds. The standard InChI is InChI=1S/C18H24N4O3/c23-16(13-22-17(24)12-20-18(22)25)19-11-15(14-7-3-1-4-8-14)21-9-5-2-6-10-21/h1,3-4,7-8,15H,2,5-6,9-13H2,(H,19,23)(H,20,25)/t15-/m0/s1. The molecular formula is C18H24N4O3. The van der Waals surface area contributed by atoms with Gasteiger partial charge in [-0.1, -0.05) is 36.8 Å². The van der Waals surface area contributed by atoms with E-state index in [1.165, 1.54) is 24.8 Å². The molecule has 0 radical (unpaired) electrons. The Morgan fingerprint density at radius 3 is 2.48 bits per heavy atom. The second-order valence-corrected chi connectivity index (χ2v) is 6.47. The summed E-state index contributed by atoms with van der Waals surface area (Å²) in [6.07, 6.45) is 3.58. The largest absolute Gasteiger partial charge is 0.353 e. The third kappa shape index (κ3) is 4.36. The fraction of sp³-hybridized carbons (Fsp3) is 0.500. The van der Waals surface area contributed by atoms with Gasteiger partial charge in [0, 0.05) is 6.54 Å². The Bertz CT molecular complexity index is 612.